The molecule has 1 aliphatic heterocycles. The number of amides is 2. The van der Waals surface area contributed by atoms with Crippen molar-refractivity contribution in [3.63, 3.8) is 0 Å². The molecule has 0 unspecified atom stereocenters. The highest BCUT2D eigenvalue weighted by Gasteiger charge is 2.38. The van der Waals surface area contributed by atoms with Gasteiger partial charge in [0.1, 0.15) is 0 Å². The van der Waals surface area contributed by atoms with Gasteiger partial charge in [-0.2, -0.15) is 0 Å². The molecule has 0 saturated carbocycles. The van der Waals surface area contributed by atoms with E-state index in [1.54, 1.807) is 24.7 Å². The lowest BCUT2D eigenvalue weighted by Gasteiger charge is -2.15. The van der Waals surface area contributed by atoms with Gasteiger partial charge in [0.2, 0.25) is 5.91 Å². The molecule has 1 aromatic heterocycles. The summed E-state index contributed by atoms with van der Waals surface area (Å²) >= 11 is 0. The van der Waals surface area contributed by atoms with Crippen LogP contribution in [0.2, 0.25) is 0 Å². The minimum atomic E-state index is -0.444. The number of imide groups is 1. The summed E-state index contributed by atoms with van der Waals surface area (Å²) in [4.78, 5) is 32.6. The number of nitrogens with zero attached hydrogens (tertiary/aromatic N) is 2. The van der Waals surface area contributed by atoms with Crippen molar-refractivity contribution < 1.29 is 9.59 Å². The van der Waals surface area contributed by atoms with E-state index in [0.29, 0.717) is 12.2 Å². The summed E-state index contributed by atoms with van der Waals surface area (Å²) in [6.45, 7) is 0.620. The maximum absolute atomic E-state index is 12.3. The van der Waals surface area contributed by atoms with Crippen molar-refractivity contribution in [2.75, 3.05) is 11.4 Å². The standard InChI is InChI=1S/C15H16N4O2/c20-14-8-13(17-7-6-11-9-16-10-18-11)15(21)19(14)12-4-2-1-3-5-12/h1-5,9-10,13,17H,6-8H2,(H,16,18)/t13-/m0/s1. The van der Waals surface area contributed by atoms with Gasteiger partial charge in [0.15, 0.2) is 0 Å². The number of para-hydroxylation sites is 1. The monoisotopic (exact) mass is 284 g/mol. The van der Waals surface area contributed by atoms with Crippen LogP contribution >= 0.6 is 0 Å². The van der Waals surface area contributed by atoms with Crippen LogP contribution in [0.15, 0.2) is 42.9 Å². The van der Waals surface area contributed by atoms with Crippen LogP contribution in [0.5, 0.6) is 0 Å². The van der Waals surface area contributed by atoms with E-state index in [1.165, 1.54) is 4.90 Å². The molecule has 6 heteroatoms. The van der Waals surface area contributed by atoms with Gasteiger partial charge in [-0.1, -0.05) is 18.2 Å². The molecule has 1 fully saturated rings. The second kappa shape index (κ2) is 5.88. The molecule has 0 radical (unpaired) electrons. The third-order valence-electron chi connectivity index (χ3n) is 3.50. The maximum Gasteiger partial charge on any atom is 0.251 e. The number of rotatable bonds is 5. The lowest BCUT2D eigenvalue weighted by molar-refractivity contribution is -0.121. The van der Waals surface area contributed by atoms with E-state index >= 15 is 0 Å². The quantitative estimate of drug-likeness (QED) is 0.799. The molecule has 2 aromatic rings. The fourth-order valence-corrected chi connectivity index (χ4v) is 2.44. The Morgan fingerprint density at radius 2 is 2.10 bits per heavy atom. The zero-order valence-corrected chi connectivity index (χ0v) is 11.5. The van der Waals surface area contributed by atoms with E-state index in [1.807, 2.05) is 18.2 Å². The summed E-state index contributed by atoms with van der Waals surface area (Å²) in [5.41, 5.74) is 1.63. The van der Waals surface area contributed by atoms with Gasteiger partial charge in [0.25, 0.3) is 5.91 Å². The molecule has 0 bridgehead atoms. The SMILES string of the molecule is O=C1C[C@H](NCCc2cnc[nH]2)C(=O)N1c1ccccc1. The number of hydrogen-bond donors (Lipinski definition) is 2. The summed E-state index contributed by atoms with van der Waals surface area (Å²) in [7, 11) is 0. The van der Waals surface area contributed by atoms with Crippen molar-refractivity contribution in [1.82, 2.24) is 15.3 Å². The number of aromatic nitrogens is 2. The Morgan fingerprint density at radius 1 is 1.29 bits per heavy atom. The average molecular weight is 284 g/mol. The molecule has 1 aliphatic rings. The number of imidazole rings is 1. The number of carbonyl (C=O) groups is 2. The smallest absolute Gasteiger partial charge is 0.251 e. The van der Waals surface area contributed by atoms with Gasteiger partial charge in [-0.25, -0.2) is 9.88 Å². The van der Waals surface area contributed by atoms with Crippen LogP contribution < -0.4 is 10.2 Å². The van der Waals surface area contributed by atoms with Crippen molar-refractivity contribution in [1.29, 1.82) is 0 Å². The van der Waals surface area contributed by atoms with Gasteiger partial charge >= 0.3 is 0 Å². The first kappa shape index (κ1) is 13.5. The van der Waals surface area contributed by atoms with Crippen molar-refractivity contribution in [2.24, 2.45) is 0 Å². The van der Waals surface area contributed by atoms with Gasteiger partial charge in [0.05, 0.1) is 24.5 Å². The second-order valence-corrected chi connectivity index (χ2v) is 4.94. The normalized spacial score (nSPS) is 18.5. The second-order valence-electron chi connectivity index (χ2n) is 4.94. The molecule has 2 amide bonds. The van der Waals surface area contributed by atoms with Crippen LogP contribution in [0.1, 0.15) is 12.1 Å². The molecule has 1 saturated heterocycles. The first-order chi connectivity index (χ1) is 10.3. The highest BCUT2D eigenvalue weighted by Crippen LogP contribution is 2.22. The molecule has 2 N–H and O–H groups in total. The lowest BCUT2D eigenvalue weighted by Crippen LogP contribution is -2.39. The Morgan fingerprint density at radius 3 is 2.81 bits per heavy atom. The zero-order chi connectivity index (χ0) is 14.7. The lowest BCUT2D eigenvalue weighted by atomic mass is 10.2. The molecule has 6 nitrogen and oxygen atoms in total. The molecule has 21 heavy (non-hydrogen) atoms. The molecule has 2 heterocycles. The van der Waals surface area contributed by atoms with E-state index in [4.69, 9.17) is 0 Å². The van der Waals surface area contributed by atoms with Gasteiger partial charge in [-0.05, 0) is 12.1 Å². The number of aromatic amines is 1. The number of hydrogen-bond acceptors (Lipinski definition) is 4. The predicted molar refractivity (Wildman–Crippen MR) is 77.6 cm³/mol. The highest BCUT2D eigenvalue weighted by atomic mass is 16.2. The molecule has 0 spiro atoms. The van der Waals surface area contributed by atoms with E-state index in [2.05, 4.69) is 15.3 Å². The van der Waals surface area contributed by atoms with Crippen LogP contribution in [0.4, 0.5) is 5.69 Å². The minimum absolute atomic E-state index is 0.162. The number of benzene rings is 1. The number of carbonyl (C=O) groups excluding carboxylic acids is 2. The van der Waals surface area contributed by atoms with Crippen molar-refractivity contribution in [2.45, 2.75) is 18.9 Å². The van der Waals surface area contributed by atoms with Crippen LogP contribution in [0, 0.1) is 0 Å². The summed E-state index contributed by atoms with van der Waals surface area (Å²) in [5.74, 6) is -0.346. The Labute approximate surface area is 122 Å². The fraction of sp³-hybridized carbons (Fsp3) is 0.267. The topological polar surface area (TPSA) is 78.1 Å². The van der Waals surface area contributed by atoms with E-state index in [9.17, 15) is 9.59 Å². The summed E-state index contributed by atoms with van der Waals surface area (Å²) in [5, 5.41) is 3.14. The van der Waals surface area contributed by atoms with Crippen LogP contribution in [-0.2, 0) is 16.0 Å². The largest absolute Gasteiger partial charge is 0.348 e. The maximum atomic E-state index is 12.3. The molecule has 108 valence electrons. The van der Waals surface area contributed by atoms with Crippen molar-refractivity contribution >= 4 is 17.5 Å². The molecular formula is C15H16N4O2. The van der Waals surface area contributed by atoms with E-state index < -0.39 is 6.04 Å². The fourth-order valence-electron chi connectivity index (χ4n) is 2.44. The molecule has 1 atom stereocenters. The number of nitrogens with one attached hydrogen (secondary N) is 2. The third-order valence-corrected chi connectivity index (χ3v) is 3.50. The third kappa shape index (κ3) is 2.85. The Bertz CT molecular complexity index is 624. The van der Waals surface area contributed by atoms with Crippen LogP contribution in [-0.4, -0.2) is 34.4 Å². The Balaban J connectivity index is 1.61. The summed E-state index contributed by atoms with van der Waals surface area (Å²) in [6, 6.07) is 8.57. The Kier molecular flexibility index (Phi) is 3.79. The highest BCUT2D eigenvalue weighted by molar-refractivity contribution is 6.22. The van der Waals surface area contributed by atoms with Crippen LogP contribution in [0.3, 0.4) is 0 Å². The first-order valence-electron chi connectivity index (χ1n) is 6.88. The van der Waals surface area contributed by atoms with Crippen LogP contribution in [0.25, 0.3) is 0 Å². The number of H-pyrrole nitrogens is 1. The predicted octanol–water partition coefficient (Wildman–Crippen LogP) is 0.874. The molecule has 1 aromatic carbocycles. The van der Waals surface area contributed by atoms with E-state index in [-0.39, 0.29) is 18.2 Å². The van der Waals surface area contributed by atoms with Crippen molar-refractivity contribution in [3.8, 4) is 0 Å². The van der Waals surface area contributed by atoms with E-state index in [0.717, 1.165) is 12.1 Å². The van der Waals surface area contributed by atoms with Gasteiger partial charge < -0.3 is 10.3 Å². The summed E-state index contributed by atoms with van der Waals surface area (Å²) < 4.78 is 0. The van der Waals surface area contributed by atoms with Gasteiger partial charge in [-0.15, -0.1) is 0 Å². The molecular weight excluding hydrogens is 268 g/mol. The first-order valence-corrected chi connectivity index (χ1v) is 6.88. The van der Waals surface area contributed by atoms with Gasteiger partial charge in [0, 0.05) is 24.9 Å². The summed E-state index contributed by atoms with van der Waals surface area (Å²) in [6.07, 6.45) is 4.32. The van der Waals surface area contributed by atoms with Crippen molar-refractivity contribution in [3.05, 3.63) is 48.5 Å². The molecule has 0 aliphatic carbocycles. The Hall–Kier alpha value is -2.47. The average Bonchev–Trinajstić information content (AvgIpc) is 3.09. The van der Waals surface area contributed by atoms with Gasteiger partial charge in [-0.3, -0.25) is 9.59 Å². The minimum Gasteiger partial charge on any atom is -0.348 e. The number of anilines is 1. The zero-order valence-electron chi connectivity index (χ0n) is 11.5. The molecule has 3 rings (SSSR count).